The first-order chi connectivity index (χ1) is 9.46. The van der Waals surface area contributed by atoms with Gasteiger partial charge in [-0.1, -0.05) is 12.8 Å². The second-order valence-corrected chi connectivity index (χ2v) is 9.04. The van der Waals surface area contributed by atoms with E-state index < -0.39 is 9.84 Å². The van der Waals surface area contributed by atoms with Crippen molar-refractivity contribution in [1.29, 1.82) is 0 Å². The molecule has 2 aliphatic rings. The van der Waals surface area contributed by atoms with E-state index in [4.69, 9.17) is 0 Å². The number of nitrogens with zero attached hydrogens (tertiary/aromatic N) is 1. The molecule has 0 spiro atoms. The zero-order chi connectivity index (χ0) is 14.3. The van der Waals surface area contributed by atoms with Gasteiger partial charge in [0.15, 0.2) is 9.84 Å². The molecule has 0 radical (unpaired) electrons. The van der Waals surface area contributed by atoms with E-state index in [1.54, 1.807) is 0 Å². The lowest BCUT2D eigenvalue weighted by Gasteiger charge is -2.14. The molecule has 1 unspecified atom stereocenters. The minimum Gasteiger partial charge on any atom is -0.309 e. The molecular weight excluding hydrogens is 391 g/mol. The first-order valence-corrected chi connectivity index (χ1v) is 9.86. The summed E-state index contributed by atoms with van der Waals surface area (Å²) in [5.41, 5.74) is 0.757. The minimum absolute atomic E-state index is 0.112. The fourth-order valence-electron chi connectivity index (χ4n) is 3.17. The van der Waals surface area contributed by atoms with Crippen molar-refractivity contribution in [2.75, 3.05) is 11.5 Å². The zero-order valence-corrected chi connectivity index (χ0v) is 14.0. The molecule has 1 N–H and O–H groups in total. The Morgan fingerprint density at radius 3 is 2.45 bits per heavy atom. The molecule has 3 rings (SSSR count). The SMILES string of the molecule is O=c1[nH]c(C2CCS(=O)(=O)C2)nc(C2CCCC2)c1I. The van der Waals surface area contributed by atoms with E-state index in [0.29, 0.717) is 21.7 Å². The van der Waals surface area contributed by atoms with Crippen molar-refractivity contribution in [2.24, 2.45) is 0 Å². The standard InChI is InChI=1S/C13H17IN2O3S/c14-10-11(8-3-1-2-4-8)15-12(16-13(10)17)9-5-6-20(18,19)7-9/h8-9H,1-7H2,(H,15,16,17). The molecule has 0 aromatic carbocycles. The Balaban J connectivity index is 1.98. The molecule has 20 heavy (non-hydrogen) atoms. The highest BCUT2D eigenvalue weighted by atomic mass is 127. The van der Waals surface area contributed by atoms with E-state index >= 15 is 0 Å². The van der Waals surface area contributed by atoms with Gasteiger partial charge >= 0.3 is 0 Å². The number of halogens is 1. The number of aromatic nitrogens is 2. The van der Waals surface area contributed by atoms with Gasteiger partial charge in [-0.25, -0.2) is 13.4 Å². The van der Waals surface area contributed by atoms with E-state index in [1.807, 2.05) is 0 Å². The number of rotatable bonds is 2. The monoisotopic (exact) mass is 408 g/mol. The molecule has 0 bridgehead atoms. The molecule has 110 valence electrons. The van der Waals surface area contributed by atoms with Crippen LogP contribution in [0, 0.1) is 3.57 Å². The van der Waals surface area contributed by atoms with Gasteiger partial charge in [0.05, 0.1) is 20.8 Å². The number of aromatic amines is 1. The summed E-state index contributed by atoms with van der Waals surface area (Å²) >= 11 is 2.06. The first-order valence-electron chi connectivity index (χ1n) is 6.96. The minimum atomic E-state index is -2.96. The zero-order valence-electron chi connectivity index (χ0n) is 11.1. The molecule has 1 aromatic rings. The van der Waals surface area contributed by atoms with Gasteiger partial charge in [-0.2, -0.15) is 0 Å². The third-order valence-electron chi connectivity index (χ3n) is 4.27. The summed E-state index contributed by atoms with van der Waals surface area (Å²) in [7, 11) is -2.96. The van der Waals surface area contributed by atoms with Crippen molar-refractivity contribution in [3.8, 4) is 0 Å². The molecule has 1 atom stereocenters. The molecule has 1 saturated heterocycles. The predicted octanol–water partition coefficient (Wildman–Crippen LogP) is 1.93. The fraction of sp³-hybridized carbons (Fsp3) is 0.692. The largest absolute Gasteiger partial charge is 0.309 e. The highest BCUT2D eigenvalue weighted by Crippen LogP contribution is 2.35. The second kappa shape index (κ2) is 5.40. The molecule has 2 heterocycles. The Labute approximate surface area is 131 Å². The highest BCUT2D eigenvalue weighted by Gasteiger charge is 2.32. The van der Waals surface area contributed by atoms with Crippen LogP contribution in [0.2, 0.25) is 0 Å². The summed E-state index contributed by atoms with van der Waals surface area (Å²) < 4.78 is 23.8. The molecule has 2 fully saturated rings. The lowest BCUT2D eigenvalue weighted by molar-refractivity contribution is 0.600. The van der Waals surface area contributed by atoms with Gasteiger partial charge in [0, 0.05) is 11.8 Å². The Morgan fingerprint density at radius 1 is 1.15 bits per heavy atom. The topological polar surface area (TPSA) is 79.9 Å². The van der Waals surface area contributed by atoms with Crippen molar-refractivity contribution in [2.45, 2.75) is 43.9 Å². The second-order valence-electron chi connectivity index (χ2n) is 5.73. The van der Waals surface area contributed by atoms with Crippen LogP contribution in [-0.4, -0.2) is 29.9 Å². The third kappa shape index (κ3) is 2.79. The number of sulfone groups is 1. The van der Waals surface area contributed by atoms with Crippen LogP contribution in [0.15, 0.2) is 4.79 Å². The van der Waals surface area contributed by atoms with Crippen molar-refractivity contribution in [3.05, 3.63) is 25.4 Å². The maximum atomic E-state index is 12.1. The lowest BCUT2D eigenvalue weighted by atomic mass is 10.0. The van der Waals surface area contributed by atoms with Crippen LogP contribution in [0.4, 0.5) is 0 Å². The number of hydrogen-bond acceptors (Lipinski definition) is 4. The van der Waals surface area contributed by atoms with Crippen molar-refractivity contribution in [1.82, 2.24) is 9.97 Å². The van der Waals surface area contributed by atoms with E-state index in [-0.39, 0.29) is 23.0 Å². The molecular formula is C13H17IN2O3S. The van der Waals surface area contributed by atoms with Gasteiger partial charge in [-0.15, -0.1) is 0 Å². The summed E-state index contributed by atoms with van der Waals surface area (Å²) in [6, 6.07) is 0. The molecule has 5 nitrogen and oxygen atoms in total. The Kier molecular flexibility index (Phi) is 3.91. The van der Waals surface area contributed by atoms with Gasteiger partial charge in [-0.3, -0.25) is 4.79 Å². The van der Waals surface area contributed by atoms with E-state index in [1.165, 1.54) is 12.8 Å². The van der Waals surface area contributed by atoms with Crippen LogP contribution >= 0.6 is 22.6 Å². The maximum Gasteiger partial charge on any atom is 0.264 e. The van der Waals surface area contributed by atoms with Crippen LogP contribution in [0.1, 0.15) is 55.5 Å². The van der Waals surface area contributed by atoms with E-state index in [9.17, 15) is 13.2 Å². The van der Waals surface area contributed by atoms with Crippen molar-refractivity contribution in [3.63, 3.8) is 0 Å². The number of hydrogen-bond donors (Lipinski definition) is 1. The summed E-state index contributed by atoms with van der Waals surface area (Å²) in [5, 5.41) is 0. The summed E-state index contributed by atoms with van der Waals surface area (Å²) in [6.07, 6.45) is 5.09. The summed E-state index contributed by atoms with van der Waals surface area (Å²) in [6.45, 7) is 0. The normalized spacial score (nSPS) is 26.1. The Hall–Kier alpha value is -0.440. The van der Waals surface area contributed by atoms with Gasteiger partial charge in [-0.05, 0) is 41.9 Å². The predicted molar refractivity (Wildman–Crippen MR) is 84.8 cm³/mol. The quantitative estimate of drug-likeness (QED) is 0.759. The van der Waals surface area contributed by atoms with Gasteiger partial charge in [0.25, 0.3) is 5.56 Å². The van der Waals surface area contributed by atoms with Crippen LogP contribution in [0.25, 0.3) is 0 Å². The van der Waals surface area contributed by atoms with Crippen molar-refractivity contribution < 1.29 is 8.42 Å². The third-order valence-corrected chi connectivity index (χ3v) is 7.08. The molecule has 1 aromatic heterocycles. The van der Waals surface area contributed by atoms with Crippen LogP contribution in [-0.2, 0) is 9.84 Å². The highest BCUT2D eigenvalue weighted by molar-refractivity contribution is 14.1. The molecule has 1 aliphatic carbocycles. The van der Waals surface area contributed by atoms with Gasteiger partial charge < -0.3 is 4.98 Å². The van der Waals surface area contributed by atoms with Crippen molar-refractivity contribution >= 4 is 32.4 Å². The molecule has 1 aliphatic heterocycles. The molecule has 7 heteroatoms. The van der Waals surface area contributed by atoms with E-state index in [2.05, 4.69) is 32.6 Å². The van der Waals surface area contributed by atoms with E-state index in [0.717, 1.165) is 18.5 Å². The average Bonchev–Trinajstić information content (AvgIpc) is 3.01. The summed E-state index contributed by atoms with van der Waals surface area (Å²) in [4.78, 5) is 19.5. The smallest absolute Gasteiger partial charge is 0.264 e. The molecule has 0 amide bonds. The van der Waals surface area contributed by atoms with Crippen LogP contribution in [0.5, 0.6) is 0 Å². The van der Waals surface area contributed by atoms with Gasteiger partial charge in [0.1, 0.15) is 5.82 Å². The number of H-pyrrole nitrogens is 1. The fourth-order valence-corrected chi connectivity index (χ4v) is 5.61. The Bertz CT molecular complexity index is 677. The molecule has 1 saturated carbocycles. The maximum absolute atomic E-state index is 12.1. The number of nitrogens with one attached hydrogen (secondary N) is 1. The summed E-state index contributed by atoms with van der Waals surface area (Å²) in [5.74, 6) is 1.09. The van der Waals surface area contributed by atoms with Crippen LogP contribution < -0.4 is 5.56 Å². The Morgan fingerprint density at radius 2 is 1.85 bits per heavy atom. The van der Waals surface area contributed by atoms with Gasteiger partial charge in [0.2, 0.25) is 0 Å². The first kappa shape index (κ1) is 14.5. The average molecular weight is 408 g/mol. The lowest BCUT2D eigenvalue weighted by Crippen LogP contribution is -2.21. The van der Waals surface area contributed by atoms with Crippen LogP contribution in [0.3, 0.4) is 0 Å².